The zero-order valence-electron chi connectivity index (χ0n) is 24.0. The summed E-state index contributed by atoms with van der Waals surface area (Å²) in [5.74, 6) is 4.03. The summed E-state index contributed by atoms with van der Waals surface area (Å²) < 4.78 is 29.5. The number of carboxylic acids is 1. The van der Waals surface area contributed by atoms with Crippen molar-refractivity contribution in [2.24, 2.45) is 22.7 Å². The normalized spacial score (nSPS) is 28.5. The summed E-state index contributed by atoms with van der Waals surface area (Å²) in [4.78, 5) is 29.0. The number of allylic oxidation sites excluding steroid dienone is 2. The Kier molecular flexibility index (Phi) is 7.15. The molecule has 0 spiro atoms. The number of carbonyl (C=O) groups excluding carboxylic acids is 1. The highest BCUT2D eigenvalue weighted by Gasteiger charge is 2.67. The molecule has 0 bridgehead atoms. The average molecular weight is 539 g/mol. The molecular weight excluding hydrogens is 504 g/mol. The van der Waals surface area contributed by atoms with Crippen molar-refractivity contribution in [3.63, 3.8) is 0 Å². The van der Waals surface area contributed by atoms with Gasteiger partial charge in [0.25, 0.3) is 0 Å². The second-order valence-corrected chi connectivity index (χ2v) is 11.4. The summed E-state index contributed by atoms with van der Waals surface area (Å²) in [7, 11) is 0. The van der Waals surface area contributed by atoms with E-state index >= 15 is 0 Å². The number of rotatable bonds is 8. The summed E-state index contributed by atoms with van der Waals surface area (Å²) in [6.07, 6.45) is 6.03. The number of fused-ring (bicyclic) bond motifs is 1. The highest BCUT2D eigenvalue weighted by atomic mass is 35.5. The van der Waals surface area contributed by atoms with Crippen molar-refractivity contribution in [3.8, 4) is 17.6 Å². The first-order chi connectivity index (χ1) is 18.7. The van der Waals surface area contributed by atoms with Crippen molar-refractivity contribution in [2.45, 2.75) is 52.7 Å². The lowest BCUT2D eigenvalue weighted by Crippen LogP contribution is -2.75. The molecule has 3 aliphatic rings. The maximum atomic E-state index is 13.7. The smallest absolute Gasteiger partial charge is 0.329 e. The Balaban J connectivity index is 1.49. The predicted octanol–water partition coefficient (Wildman–Crippen LogP) is 5.53. The van der Waals surface area contributed by atoms with Crippen LogP contribution in [0.1, 0.15) is 43.3 Å². The largest absolute Gasteiger partial charge is 0.489 e. The molecule has 1 aromatic rings. The van der Waals surface area contributed by atoms with E-state index < -0.39 is 41.2 Å². The molecule has 2 fully saturated rings. The van der Waals surface area contributed by atoms with Gasteiger partial charge in [0.1, 0.15) is 18.5 Å². The van der Waals surface area contributed by atoms with E-state index in [2.05, 4.69) is 16.7 Å². The lowest BCUT2D eigenvalue weighted by molar-refractivity contribution is -0.208. The van der Waals surface area contributed by atoms with Crippen molar-refractivity contribution in [3.05, 3.63) is 58.4 Å². The lowest BCUT2D eigenvalue weighted by Gasteiger charge is -2.65. The molecule has 0 radical (unpaired) electrons. The van der Waals surface area contributed by atoms with Gasteiger partial charge in [0.15, 0.2) is 0 Å². The van der Waals surface area contributed by atoms with E-state index in [1.54, 1.807) is 36.4 Å². The van der Waals surface area contributed by atoms with Crippen LogP contribution in [-0.4, -0.2) is 53.7 Å². The predicted molar refractivity (Wildman–Crippen MR) is 145 cm³/mol. The number of hydrogen-bond acceptors (Lipinski definition) is 4. The van der Waals surface area contributed by atoms with E-state index in [1.807, 2.05) is 27.7 Å². The van der Waals surface area contributed by atoms with E-state index in [-0.39, 0.29) is 18.6 Å². The standard InChI is InChI=1S/C30H33ClN2O5/c1-29(2)27(30(3,4)28(29)38-21-11-13-24(32-5)23(31)16-21)33-17-20-15-19(10-12-22(20)26(33)36)9-7-6-8-14-37-18-25(34)35/h10-13,15-16,20,22,27-28H,6,8,14,17-18H2,1-4H3,(H,34,35)/t20?,22-,27?,28?/m1/s1/i17D2. The van der Waals surface area contributed by atoms with Gasteiger partial charge in [-0.05, 0) is 18.6 Å². The van der Waals surface area contributed by atoms with Crippen LogP contribution in [0.5, 0.6) is 5.75 Å². The molecular formula is C30H33ClN2O5. The van der Waals surface area contributed by atoms with E-state index in [9.17, 15) is 9.59 Å². The monoisotopic (exact) mass is 538 g/mol. The van der Waals surface area contributed by atoms with Crippen LogP contribution in [0.15, 0.2) is 42.0 Å². The van der Waals surface area contributed by atoms with Crippen molar-refractivity contribution in [2.75, 3.05) is 19.7 Å². The zero-order chi connectivity index (χ0) is 29.5. The van der Waals surface area contributed by atoms with Gasteiger partial charge in [0, 0.05) is 47.9 Å². The Labute approximate surface area is 232 Å². The highest BCUT2D eigenvalue weighted by Crippen LogP contribution is 2.59. The molecule has 2 atom stereocenters. The molecule has 2 aliphatic carbocycles. The summed E-state index contributed by atoms with van der Waals surface area (Å²) in [5, 5.41) is 8.91. The van der Waals surface area contributed by atoms with E-state index in [1.165, 1.54) is 4.90 Å². The number of halogens is 1. The minimum atomic E-state index is -1.94. The van der Waals surface area contributed by atoms with Gasteiger partial charge in [-0.25, -0.2) is 9.64 Å². The van der Waals surface area contributed by atoms with Gasteiger partial charge in [-0.1, -0.05) is 75.4 Å². The number of ether oxygens (including phenoxy) is 2. The molecule has 1 N–H and O–H groups in total. The third-order valence-electron chi connectivity index (χ3n) is 7.40. The molecule has 0 aromatic heterocycles. The summed E-state index contributed by atoms with van der Waals surface area (Å²) in [6, 6.07) is 4.50. The molecule has 1 saturated carbocycles. The van der Waals surface area contributed by atoms with Crippen LogP contribution in [0, 0.1) is 41.1 Å². The molecule has 1 heterocycles. The van der Waals surface area contributed by atoms with Crippen LogP contribution in [0.4, 0.5) is 5.69 Å². The quantitative estimate of drug-likeness (QED) is 0.267. The Hall–Kier alpha value is -3.26. The minimum absolute atomic E-state index is 0.251. The summed E-state index contributed by atoms with van der Waals surface area (Å²) >= 11 is 6.21. The Morgan fingerprint density at radius 2 is 2.08 bits per heavy atom. The lowest BCUT2D eigenvalue weighted by atomic mass is 9.49. The molecule has 1 unspecified atom stereocenters. The average Bonchev–Trinajstić information content (AvgIpc) is 3.06. The fourth-order valence-electron chi connectivity index (χ4n) is 6.15. The molecule has 7 nitrogen and oxygen atoms in total. The maximum absolute atomic E-state index is 13.7. The number of likely N-dealkylation sites (tertiary alicyclic amines) is 1. The van der Waals surface area contributed by atoms with Gasteiger partial charge in [-0.3, -0.25) is 4.79 Å². The van der Waals surface area contributed by atoms with Gasteiger partial charge in [-0.15, -0.1) is 0 Å². The third-order valence-corrected chi connectivity index (χ3v) is 7.70. The fourth-order valence-corrected chi connectivity index (χ4v) is 6.37. The number of carbonyl (C=O) groups is 2. The fraction of sp³-hybridized carbons (Fsp3) is 0.500. The highest BCUT2D eigenvalue weighted by molar-refractivity contribution is 6.33. The number of unbranched alkanes of at least 4 members (excludes halogenated alkanes) is 1. The molecule has 38 heavy (non-hydrogen) atoms. The minimum Gasteiger partial charge on any atom is -0.489 e. The second-order valence-electron chi connectivity index (χ2n) is 11.0. The number of carboxylic acid groups (broad SMARTS) is 1. The van der Waals surface area contributed by atoms with Crippen LogP contribution in [-0.2, 0) is 14.3 Å². The zero-order valence-corrected chi connectivity index (χ0v) is 22.7. The molecule has 1 aliphatic heterocycles. The van der Waals surface area contributed by atoms with Crippen molar-refractivity contribution < 1.29 is 26.9 Å². The molecule has 1 aromatic carbocycles. The molecule has 4 rings (SSSR count). The number of hydrogen-bond donors (Lipinski definition) is 1. The van der Waals surface area contributed by atoms with Gasteiger partial charge in [0.2, 0.25) is 11.6 Å². The number of aliphatic carboxylic acids is 1. The summed E-state index contributed by atoms with van der Waals surface area (Å²) in [5.41, 5.74) is -0.167. The van der Waals surface area contributed by atoms with Gasteiger partial charge in [0.05, 0.1) is 20.3 Å². The number of benzene rings is 1. The third kappa shape index (κ3) is 5.32. The maximum Gasteiger partial charge on any atom is 0.329 e. The van der Waals surface area contributed by atoms with Crippen molar-refractivity contribution in [1.29, 1.82) is 0 Å². The molecule has 8 heteroatoms. The second kappa shape index (κ2) is 10.8. The Morgan fingerprint density at radius 3 is 2.74 bits per heavy atom. The number of nitrogens with zero attached hydrogens (tertiary/aromatic N) is 2. The molecule has 1 saturated heterocycles. The SMILES string of the molecule is [2H]C1([2H])C2C=C(C#CCCCOCC(=O)O)C=C[C@H]2C(=O)N1C1C(C)(C)C(Oc2ccc([N+]#[C-])c(Cl)c2)C1(C)C. The van der Waals surface area contributed by atoms with Crippen LogP contribution in [0.3, 0.4) is 0 Å². The van der Waals surface area contributed by atoms with Crippen LogP contribution in [0.25, 0.3) is 4.85 Å². The first-order valence-electron chi connectivity index (χ1n) is 13.6. The molecule has 200 valence electrons. The van der Waals surface area contributed by atoms with E-state index in [0.29, 0.717) is 41.5 Å². The first-order valence-corrected chi connectivity index (χ1v) is 13.0. The van der Waals surface area contributed by atoms with Crippen LogP contribution in [0.2, 0.25) is 5.02 Å². The summed E-state index contributed by atoms with van der Waals surface area (Å²) in [6.45, 7) is 13.1. The van der Waals surface area contributed by atoms with Crippen LogP contribution >= 0.6 is 11.6 Å². The van der Waals surface area contributed by atoms with E-state index in [4.69, 9.17) is 35.5 Å². The van der Waals surface area contributed by atoms with Gasteiger partial charge >= 0.3 is 5.97 Å². The Morgan fingerprint density at radius 1 is 1.34 bits per heavy atom. The number of amides is 1. The van der Waals surface area contributed by atoms with Crippen LogP contribution < -0.4 is 4.74 Å². The van der Waals surface area contributed by atoms with Gasteiger partial charge < -0.3 is 19.5 Å². The van der Waals surface area contributed by atoms with E-state index in [0.717, 1.165) is 0 Å². The van der Waals surface area contributed by atoms with Crippen molar-refractivity contribution in [1.82, 2.24) is 4.90 Å². The first kappa shape index (κ1) is 25.0. The van der Waals surface area contributed by atoms with Crippen molar-refractivity contribution >= 4 is 29.2 Å². The van der Waals surface area contributed by atoms with Gasteiger partial charge in [-0.2, -0.15) is 0 Å². The topological polar surface area (TPSA) is 80.4 Å². The Bertz CT molecular complexity index is 1350. The molecule has 1 amide bonds.